The van der Waals surface area contributed by atoms with E-state index in [9.17, 15) is 0 Å². The average Bonchev–Trinajstić information content (AvgIpc) is 3.27. The van der Waals surface area contributed by atoms with Crippen LogP contribution in [0.1, 0.15) is 31.5 Å². The molecule has 124 valence electrons. The van der Waals surface area contributed by atoms with Gasteiger partial charge in [-0.1, -0.05) is 6.92 Å². The highest BCUT2D eigenvalue weighted by Gasteiger charge is 2.29. The zero-order chi connectivity index (χ0) is 15.8. The number of rotatable bonds is 4. The van der Waals surface area contributed by atoms with Crippen molar-refractivity contribution in [2.45, 2.75) is 32.2 Å². The first-order valence-electron chi connectivity index (χ1n) is 8.96. The Hall–Kier alpha value is -1.46. The molecule has 0 spiro atoms. The number of imidazole rings is 1. The highest BCUT2D eigenvalue weighted by molar-refractivity contribution is 5.71. The second-order valence-corrected chi connectivity index (χ2v) is 7.22. The van der Waals surface area contributed by atoms with E-state index in [-0.39, 0.29) is 0 Å². The first-order chi connectivity index (χ1) is 11.2. The van der Waals surface area contributed by atoms with Gasteiger partial charge in [-0.25, -0.2) is 9.97 Å². The molecule has 2 atom stereocenters. The summed E-state index contributed by atoms with van der Waals surface area (Å²) in [6.45, 7) is 9.24. The van der Waals surface area contributed by atoms with E-state index in [4.69, 9.17) is 4.98 Å². The van der Waals surface area contributed by atoms with Crippen molar-refractivity contribution in [1.29, 1.82) is 0 Å². The standard InChI is InChI=1S/C18H27N5/c1-3-22-10-6-14(11-22)12-23-17(15-7-9-21(2)13-15)20-16-5-4-8-19-18(16)23/h4-5,8,14-15H,3,6-7,9-13H2,1-2H3. The molecule has 2 aliphatic heterocycles. The Kier molecular flexibility index (Phi) is 4.07. The molecule has 23 heavy (non-hydrogen) atoms. The van der Waals surface area contributed by atoms with E-state index >= 15 is 0 Å². The van der Waals surface area contributed by atoms with Gasteiger partial charge in [0.1, 0.15) is 11.3 Å². The lowest BCUT2D eigenvalue weighted by molar-refractivity contribution is 0.331. The maximum atomic E-state index is 4.97. The highest BCUT2D eigenvalue weighted by Crippen LogP contribution is 2.30. The predicted octanol–water partition coefficient (Wildman–Crippen LogP) is 2.19. The summed E-state index contributed by atoms with van der Waals surface area (Å²) in [5.41, 5.74) is 2.13. The van der Waals surface area contributed by atoms with Crippen molar-refractivity contribution in [3.63, 3.8) is 0 Å². The number of fused-ring (bicyclic) bond motifs is 1. The molecule has 2 fully saturated rings. The third kappa shape index (κ3) is 2.88. The van der Waals surface area contributed by atoms with Gasteiger partial charge in [0.2, 0.25) is 0 Å². The van der Waals surface area contributed by atoms with Crippen molar-refractivity contribution >= 4 is 11.2 Å². The van der Waals surface area contributed by atoms with Crippen LogP contribution in [0, 0.1) is 5.92 Å². The number of hydrogen-bond acceptors (Lipinski definition) is 4. The van der Waals surface area contributed by atoms with E-state index < -0.39 is 0 Å². The van der Waals surface area contributed by atoms with Crippen molar-refractivity contribution in [2.24, 2.45) is 5.92 Å². The predicted molar refractivity (Wildman–Crippen MR) is 92.6 cm³/mol. The van der Waals surface area contributed by atoms with Crippen LogP contribution < -0.4 is 0 Å². The Morgan fingerprint density at radius 3 is 2.87 bits per heavy atom. The molecule has 2 saturated heterocycles. The fraction of sp³-hybridized carbons (Fsp3) is 0.667. The molecule has 0 radical (unpaired) electrons. The van der Waals surface area contributed by atoms with Crippen molar-refractivity contribution in [1.82, 2.24) is 24.3 Å². The van der Waals surface area contributed by atoms with Gasteiger partial charge in [0.05, 0.1) is 0 Å². The van der Waals surface area contributed by atoms with Crippen LogP contribution in [0.2, 0.25) is 0 Å². The summed E-state index contributed by atoms with van der Waals surface area (Å²) in [5, 5.41) is 0. The Labute approximate surface area is 138 Å². The monoisotopic (exact) mass is 313 g/mol. The normalized spacial score (nSPS) is 26.5. The molecule has 5 nitrogen and oxygen atoms in total. The van der Waals surface area contributed by atoms with Crippen molar-refractivity contribution in [3.05, 3.63) is 24.2 Å². The fourth-order valence-corrected chi connectivity index (χ4v) is 4.22. The van der Waals surface area contributed by atoms with E-state index in [1.165, 1.54) is 44.8 Å². The van der Waals surface area contributed by atoms with Gasteiger partial charge in [0.15, 0.2) is 5.65 Å². The molecule has 0 saturated carbocycles. The van der Waals surface area contributed by atoms with Crippen molar-refractivity contribution < 1.29 is 0 Å². The number of hydrogen-bond donors (Lipinski definition) is 0. The molecule has 4 rings (SSSR count). The molecule has 2 aliphatic rings. The van der Waals surface area contributed by atoms with E-state index in [0.717, 1.165) is 30.2 Å². The lowest BCUT2D eigenvalue weighted by Crippen LogP contribution is -2.22. The topological polar surface area (TPSA) is 37.2 Å². The van der Waals surface area contributed by atoms with Crippen LogP contribution in [-0.4, -0.2) is 64.1 Å². The number of pyridine rings is 1. The minimum absolute atomic E-state index is 0.554. The Bertz CT molecular complexity index is 679. The second kappa shape index (κ2) is 6.21. The molecule has 0 amide bonds. The van der Waals surface area contributed by atoms with E-state index in [1.54, 1.807) is 0 Å². The summed E-state index contributed by atoms with van der Waals surface area (Å²) in [7, 11) is 2.21. The minimum atomic E-state index is 0.554. The van der Waals surface area contributed by atoms with Crippen molar-refractivity contribution in [3.8, 4) is 0 Å². The number of likely N-dealkylation sites (N-methyl/N-ethyl adjacent to an activating group) is 1. The maximum Gasteiger partial charge on any atom is 0.160 e. The molecule has 2 aromatic heterocycles. The van der Waals surface area contributed by atoms with Crippen LogP contribution in [0.4, 0.5) is 0 Å². The van der Waals surface area contributed by atoms with Crippen LogP contribution in [0.25, 0.3) is 11.2 Å². The first-order valence-corrected chi connectivity index (χ1v) is 8.96. The van der Waals surface area contributed by atoms with Gasteiger partial charge in [-0.2, -0.15) is 0 Å². The molecule has 0 bridgehead atoms. The Morgan fingerprint density at radius 1 is 1.22 bits per heavy atom. The zero-order valence-electron chi connectivity index (χ0n) is 14.3. The molecular weight excluding hydrogens is 286 g/mol. The summed E-state index contributed by atoms with van der Waals surface area (Å²) in [4.78, 5) is 14.6. The highest BCUT2D eigenvalue weighted by atomic mass is 15.2. The third-order valence-corrected chi connectivity index (χ3v) is 5.55. The number of nitrogens with zero attached hydrogens (tertiary/aromatic N) is 5. The minimum Gasteiger partial charge on any atom is -0.312 e. The summed E-state index contributed by atoms with van der Waals surface area (Å²) in [6.07, 6.45) is 4.41. The average molecular weight is 313 g/mol. The lowest BCUT2D eigenvalue weighted by Gasteiger charge is -2.18. The maximum absolute atomic E-state index is 4.97. The molecule has 2 unspecified atom stereocenters. The SMILES string of the molecule is CCN1CCC(Cn2c(C3CCN(C)C3)nc3cccnc32)C1. The molecule has 5 heteroatoms. The fourth-order valence-electron chi connectivity index (χ4n) is 4.22. The van der Waals surface area contributed by atoms with Crippen molar-refractivity contribution in [2.75, 3.05) is 39.8 Å². The molecule has 0 aromatic carbocycles. The van der Waals surface area contributed by atoms with Crippen LogP contribution in [0.5, 0.6) is 0 Å². The number of aromatic nitrogens is 3. The summed E-state index contributed by atoms with van der Waals surface area (Å²) >= 11 is 0. The number of likely N-dealkylation sites (tertiary alicyclic amines) is 2. The van der Waals surface area contributed by atoms with E-state index in [1.807, 2.05) is 12.3 Å². The van der Waals surface area contributed by atoms with Gasteiger partial charge in [-0.05, 0) is 57.6 Å². The zero-order valence-corrected chi connectivity index (χ0v) is 14.3. The smallest absolute Gasteiger partial charge is 0.160 e. The molecular formula is C18H27N5. The van der Waals surface area contributed by atoms with Gasteiger partial charge in [-0.15, -0.1) is 0 Å². The van der Waals surface area contributed by atoms with Crippen LogP contribution in [0.3, 0.4) is 0 Å². The summed E-state index contributed by atoms with van der Waals surface area (Å²) < 4.78 is 2.43. The van der Waals surface area contributed by atoms with E-state index in [2.05, 4.69) is 39.4 Å². The van der Waals surface area contributed by atoms with E-state index in [0.29, 0.717) is 5.92 Å². The first kappa shape index (κ1) is 15.1. The Balaban J connectivity index is 1.66. The Morgan fingerprint density at radius 2 is 2.13 bits per heavy atom. The van der Waals surface area contributed by atoms with Gasteiger partial charge < -0.3 is 14.4 Å². The van der Waals surface area contributed by atoms with Crippen LogP contribution >= 0.6 is 0 Å². The second-order valence-electron chi connectivity index (χ2n) is 7.22. The molecule has 0 aliphatic carbocycles. The lowest BCUT2D eigenvalue weighted by atomic mass is 10.1. The van der Waals surface area contributed by atoms with Crippen LogP contribution in [0.15, 0.2) is 18.3 Å². The summed E-state index contributed by atoms with van der Waals surface area (Å²) in [5.74, 6) is 2.54. The largest absolute Gasteiger partial charge is 0.312 e. The third-order valence-electron chi connectivity index (χ3n) is 5.55. The van der Waals surface area contributed by atoms with Gasteiger partial charge >= 0.3 is 0 Å². The quantitative estimate of drug-likeness (QED) is 0.867. The molecule has 4 heterocycles. The van der Waals surface area contributed by atoms with Gasteiger partial charge in [-0.3, -0.25) is 0 Å². The summed E-state index contributed by atoms with van der Waals surface area (Å²) in [6, 6.07) is 4.10. The van der Waals surface area contributed by atoms with Gasteiger partial charge in [0, 0.05) is 31.7 Å². The van der Waals surface area contributed by atoms with Gasteiger partial charge in [0.25, 0.3) is 0 Å². The molecule has 0 N–H and O–H groups in total. The van der Waals surface area contributed by atoms with Crippen LogP contribution in [-0.2, 0) is 6.54 Å². The molecule has 2 aromatic rings.